The fourth-order valence-corrected chi connectivity index (χ4v) is 3.74. The van der Waals surface area contributed by atoms with Gasteiger partial charge < -0.3 is 10.7 Å². The Bertz CT molecular complexity index is 1030. The zero-order chi connectivity index (χ0) is 16.6. The van der Waals surface area contributed by atoms with Gasteiger partial charge >= 0.3 is 0 Å². The number of rotatable bonds is 3. The SMILES string of the molecule is N#Cc1c[nH]c2c(NS(=O)(=O)c3ccc(N)cc3)cc(Br)cc12. The molecule has 4 N–H and O–H groups in total. The van der Waals surface area contributed by atoms with Gasteiger partial charge in [-0.2, -0.15) is 5.26 Å². The van der Waals surface area contributed by atoms with Gasteiger partial charge in [-0.25, -0.2) is 8.42 Å². The van der Waals surface area contributed by atoms with Gasteiger partial charge in [-0.1, -0.05) is 15.9 Å². The minimum absolute atomic E-state index is 0.104. The zero-order valence-electron chi connectivity index (χ0n) is 11.7. The molecule has 3 rings (SSSR count). The Morgan fingerprint density at radius 2 is 1.91 bits per heavy atom. The number of nitrogens with two attached hydrogens (primary N) is 1. The highest BCUT2D eigenvalue weighted by Gasteiger charge is 2.17. The normalized spacial score (nSPS) is 11.3. The van der Waals surface area contributed by atoms with Gasteiger partial charge in [0.25, 0.3) is 10.0 Å². The topological polar surface area (TPSA) is 112 Å². The maximum absolute atomic E-state index is 12.5. The molecule has 0 aliphatic carbocycles. The molecule has 0 fully saturated rings. The molecule has 0 aliphatic heterocycles. The van der Waals surface area contributed by atoms with Crippen LogP contribution in [0.5, 0.6) is 0 Å². The Morgan fingerprint density at radius 1 is 1.22 bits per heavy atom. The summed E-state index contributed by atoms with van der Waals surface area (Å²) in [6, 6.07) is 11.4. The number of benzene rings is 2. The number of anilines is 2. The summed E-state index contributed by atoms with van der Waals surface area (Å²) < 4.78 is 28.2. The largest absolute Gasteiger partial charge is 0.399 e. The summed E-state index contributed by atoms with van der Waals surface area (Å²) in [6.07, 6.45) is 1.54. The van der Waals surface area contributed by atoms with Crippen molar-refractivity contribution < 1.29 is 8.42 Å². The molecule has 0 bridgehead atoms. The molecule has 0 amide bonds. The summed E-state index contributed by atoms with van der Waals surface area (Å²) in [4.78, 5) is 3.03. The molecule has 2 aromatic carbocycles. The molecular weight excluding hydrogens is 380 g/mol. The van der Waals surface area contributed by atoms with Crippen molar-refractivity contribution in [1.29, 1.82) is 5.26 Å². The van der Waals surface area contributed by atoms with E-state index in [4.69, 9.17) is 11.0 Å². The second-order valence-corrected chi connectivity index (χ2v) is 7.46. The fraction of sp³-hybridized carbons (Fsp3) is 0. The second kappa shape index (κ2) is 5.61. The molecule has 116 valence electrons. The van der Waals surface area contributed by atoms with Crippen LogP contribution in [0.1, 0.15) is 5.56 Å². The van der Waals surface area contributed by atoms with Crippen LogP contribution in [0.4, 0.5) is 11.4 Å². The predicted octanol–water partition coefficient (Wildman–Crippen LogP) is 3.19. The Labute approximate surface area is 141 Å². The van der Waals surface area contributed by atoms with E-state index in [9.17, 15) is 8.42 Å². The van der Waals surface area contributed by atoms with Gasteiger partial charge in [0, 0.05) is 21.7 Å². The average molecular weight is 391 g/mol. The van der Waals surface area contributed by atoms with Crippen molar-refractivity contribution in [3.63, 3.8) is 0 Å². The van der Waals surface area contributed by atoms with Crippen molar-refractivity contribution in [3.05, 3.63) is 52.6 Å². The molecule has 0 spiro atoms. The Balaban J connectivity index is 2.09. The molecule has 0 saturated heterocycles. The van der Waals surface area contributed by atoms with E-state index >= 15 is 0 Å². The van der Waals surface area contributed by atoms with E-state index in [2.05, 4.69) is 31.7 Å². The molecule has 0 radical (unpaired) electrons. The van der Waals surface area contributed by atoms with Crippen molar-refractivity contribution in [3.8, 4) is 6.07 Å². The Hall–Kier alpha value is -2.50. The van der Waals surface area contributed by atoms with Crippen LogP contribution in [-0.2, 0) is 10.0 Å². The monoisotopic (exact) mass is 390 g/mol. The molecular formula is C15H11BrN4O2S. The van der Waals surface area contributed by atoms with Gasteiger partial charge in [0.15, 0.2) is 0 Å². The van der Waals surface area contributed by atoms with Crippen LogP contribution in [0, 0.1) is 11.3 Å². The highest BCUT2D eigenvalue weighted by molar-refractivity contribution is 9.10. The summed E-state index contributed by atoms with van der Waals surface area (Å²) in [5.74, 6) is 0. The fourth-order valence-electron chi connectivity index (χ4n) is 2.22. The molecule has 0 aliphatic rings. The van der Waals surface area contributed by atoms with Gasteiger partial charge in [0.2, 0.25) is 0 Å². The van der Waals surface area contributed by atoms with Gasteiger partial charge in [-0.3, -0.25) is 4.72 Å². The summed E-state index contributed by atoms with van der Waals surface area (Å²) in [6.45, 7) is 0. The predicted molar refractivity (Wildman–Crippen MR) is 92.4 cm³/mol. The molecule has 0 saturated carbocycles. The highest BCUT2D eigenvalue weighted by atomic mass is 79.9. The van der Waals surface area contributed by atoms with E-state index in [1.165, 1.54) is 30.5 Å². The first kappa shape index (κ1) is 15.4. The van der Waals surface area contributed by atoms with Crippen molar-refractivity contribution in [2.24, 2.45) is 0 Å². The number of nitriles is 1. The quantitative estimate of drug-likeness (QED) is 0.596. The third kappa shape index (κ3) is 2.88. The van der Waals surface area contributed by atoms with Crippen LogP contribution in [0.3, 0.4) is 0 Å². The van der Waals surface area contributed by atoms with Crippen molar-refractivity contribution in [1.82, 2.24) is 4.98 Å². The molecule has 3 aromatic rings. The first-order valence-electron chi connectivity index (χ1n) is 6.50. The minimum atomic E-state index is -3.77. The maximum atomic E-state index is 12.5. The van der Waals surface area contributed by atoms with Crippen LogP contribution < -0.4 is 10.5 Å². The number of nitrogens with zero attached hydrogens (tertiary/aromatic N) is 1. The van der Waals surface area contributed by atoms with Crippen LogP contribution in [0.25, 0.3) is 10.9 Å². The van der Waals surface area contributed by atoms with E-state index in [1.807, 2.05) is 0 Å². The average Bonchev–Trinajstić information content (AvgIpc) is 2.90. The number of halogens is 1. The summed E-state index contributed by atoms with van der Waals surface area (Å²) in [7, 11) is -3.77. The lowest BCUT2D eigenvalue weighted by atomic mass is 10.2. The van der Waals surface area contributed by atoms with E-state index < -0.39 is 10.0 Å². The van der Waals surface area contributed by atoms with Crippen molar-refractivity contribution >= 4 is 48.2 Å². The number of H-pyrrole nitrogens is 1. The van der Waals surface area contributed by atoms with Crippen molar-refractivity contribution in [2.45, 2.75) is 4.90 Å². The van der Waals surface area contributed by atoms with Crippen LogP contribution in [-0.4, -0.2) is 13.4 Å². The zero-order valence-corrected chi connectivity index (χ0v) is 14.1. The van der Waals surface area contributed by atoms with Gasteiger partial charge in [-0.15, -0.1) is 0 Å². The lowest BCUT2D eigenvalue weighted by Crippen LogP contribution is -2.13. The van der Waals surface area contributed by atoms with E-state index in [0.717, 1.165) is 0 Å². The number of hydrogen-bond donors (Lipinski definition) is 3. The number of nitrogen functional groups attached to an aromatic ring is 1. The first-order chi connectivity index (χ1) is 10.9. The molecule has 6 nitrogen and oxygen atoms in total. The van der Waals surface area contributed by atoms with Gasteiger partial charge in [-0.05, 0) is 36.4 Å². The Kier molecular flexibility index (Phi) is 3.75. The molecule has 23 heavy (non-hydrogen) atoms. The molecule has 0 atom stereocenters. The smallest absolute Gasteiger partial charge is 0.261 e. The molecule has 0 unspecified atom stereocenters. The third-order valence-corrected chi connectivity index (χ3v) is 5.15. The lowest BCUT2D eigenvalue weighted by Gasteiger charge is -2.10. The number of aromatic nitrogens is 1. The van der Waals surface area contributed by atoms with E-state index in [0.29, 0.717) is 32.3 Å². The van der Waals surface area contributed by atoms with Crippen LogP contribution >= 0.6 is 15.9 Å². The molecule has 8 heteroatoms. The number of hydrogen-bond acceptors (Lipinski definition) is 4. The number of aromatic amines is 1. The van der Waals surface area contributed by atoms with E-state index in [-0.39, 0.29) is 4.90 Å². The minimum Gasteiger partial charge on any atom is -0.399 e. The Morgan fingerprint density at radius 3 is 2.57 bits per heavy atom. The van der Waals surface area contributed by atoms with Gasteiger partial charge in [0.1, 0.15) is 6.07 Å². The lowest BCUT2D eigenvalue weighted by molar-refractivity contribution is 0.601. The maximum Gasteiger partial charge on any atom is 0.261 e. The highest BCUT2D eigenvalue weighted by Crippen LogP contribution is 2.31. The summed E-state index contributed by atoms with van der Waals surface area (Å²) >= 11 is 3.33. The van der Waals surface area contributed by atoms with Crippen LogP contribution in [0.2, 0.25) is 0 Å². The molecule has 1 heterocycles. The number of sulfonamides is 1. The van der Waals surface area contributed by atoms with Crippen molar-refractivity contribution in [2.75, 3.05) is 10.5 Å². The van der Waals surface area contributed by atoms with E-state index in [1.54, 1.807) is 12.1 Å². The number of fused-ring (bicyclic) bond motifs is 1. The summed E-state index contributed by atoms with van der Waals surface area (Å²) in [5, 5.41) is 9.74. The summed E-state index contributed by atoms with van der Waals surface area (Å²) in [5.41, 5.74) is 7.40. The second-order valence-electron chi connectivity index (χ2n) is 4.86. The first-order valence-corrected chi connectivity index (χ1v) is 8.77. The van der Waals surface area contributed by atoms with Gasteiger partial charge in [0.05, 0.1) is 21.7 Å². The standard InChI is InChI=1S/C15H11BrN4O2S/c16-10-5-13-9(7-17)8-19-15(13)14(6-10)20-23(21,22)12-3-1-11(18)2-4-12/h1-6,8,19-20H,18H2. The third-order valence-electron chi connectivity index (χ3n) is 3.31. The molecule has 1 aromatic heterocycles. The van der Waals surface area contributed by atoms with Crippen LogP contribution in [0.15, 0.2) is 52.0 Å². The number of nitrogens with one attached hydrogen (secondary N) is 2.